The summed E-state index contributed by atoms with van der Waals surface area (Å²) in [5, 5.41) is 10.2. The summed E-state index contributed by atoms with van der Waals surface area (Å²) in [4.78, 5) is 31.6. The molecule has 29 heavy (non-hydrogen) atoms. The van der Waals surface area contributed by atoms with E-state index in [4.69, 9.17) is 9.72 Å². The van der Waals surface area contributed by atoms with E-state index in [0.29, 0.717) is 28.2 Å². The minimum absolute atomic E-state index is 0.306. The van der Waals surface area contributed by atoms with Crippen LogP contribution in [0, 0.1) is 0 Å². The molecule has 152 valence electrons. The van der Waals surface area contributed by atoms with E-state index >= 15 is 0 Å². The van der Waals surface area contributed by atoms with E-state index in [9.17, 15) is 14.7 Å². The van der Waals surface area contributed by atoms with Crippen molar-refractivity contribution in [2.24, 2.45) is 0 Å². The van der Waals surface area contributed by atoms with Gasteiger partial charge in [-0.3, -0.25) is 14.3 Å². The van der Waals surface area contributed by atoms with E-state index in [-0.39, 0.29) is 5.56 Å². The molecule has 0 bridgehead atoms. The zero-order valence-corrected chi connectivity index (χ0v) is 17.2. The molecule has 0 unspecified atom stereocenters. The summed E-state index contributed by atoms with van der Waals surface area (Å²) < 4.78 is 6.85. The Morgan fingerprint density at radius 3 is 2.34 bits per heavy atom. The van der Waals surface area contributed by atoms with Gasteiger partial charge in [-0.25, -0.2) is 9.78 Å². The van der Waals surface area contributed by atoms with Gasteiger partial charge in [0.2, 0.25) is 0 Å². The van der Waals surface area contributed by atoms with Crippen LogP contribution in [-0.4, -0.2) is 38.3 Å². The number of benzene rings is 2. The number of nitrogens with zero attached hydrogens (tertiary/aromatic N) is 3. The number of aromatic nitrogens is 2. The number of carboxylic acid groups (broad SMARTS) is 1. The van der Waals surface area contributed by atoms with Gasteiger partial charge in [-0.2, -0.15) is 0 Å². The van der Waals surface area contributed by atoms with E-state index < -0.39 is 17.7 Å². The number of para-hydroxylation sites is 1. The van der Waals surface area contributed by atoms with Crippen molar-refractivity contribution in [3.63, 3.8) is 0 Å². The van der Waals surface area contributed by atoms with Gasteiger partial charge in [-0.1, -0.05) is 24.3 Å². The molecule has 0 radical (unpaired) electrons. The number of hydrogen-bond acceptors (Lipinski definition) is 4. The summed E-state index contributed by atoms with van der Waals surface area (Å²) in [6, 6.07) is 13.6. The van der Waals surface area contributed by atoms with E-state index in [1.165, 1.54) is 16.6 Å². The predicted molar refractivity (Wildman–Crippen MR) is 112 cm³/mol. The lowest BCUT2D eigenvalue weighted by atomic mass is 10.0. The lowest BCUT2D eigenvalue weighted by Gasteiger charge is -2.38. The molecule has 3 aromatic rings. The van der Waals surface area contributed by atoms with Gasteiger partial charge >= 0.3 is 6.09 Å². The fourth-order valence-corrected chi connectivity index (χ4v) is 3.64. The van der Waals surface area contributed by atoms with Crippen molar-refractivity contribution in [2.45, 2.75) is 39.3 Å². The molecule has 0 aliphatic carbocycles. The third kappa shape index (κ3) is 3.68. The van der Waals surface area contributed by atoms with Crippen LogP contribution in [0.2, 0.25) is 0 Å². The minimum Gasteiger partial charge on any atom is -0.496 e. The van der Waals surface area contributed by atoms with Crippen LogP contribution in [0.15, 0.2) is 53.3 Å². The fourth-order valence-electron chi connectivity index (χ4n) is 3.64. The second-order valence-corrected chi connectivity index (χ2v) is 7.80. The topological polar surface area (TPSA) is 84.7 Å². The zero-order chi connectivity index (χ0) is 21.3. The molecule has 1 heterocycles. The van der Waals surface area contributed by atoms with Gasteiger partial charge in [0.25, 0.3) is 5.56 Å². The molecule has 0 spiro atoms. The van der Waals surface area contributed by atoms with Crippen LogP contribution in [-0.2, 0) is 0 Å². The van der Waals surface area contributed by atoms with Gasteiger partial charge in [0.1, 0.15) is 17.0 Å². The zero-order valence-electron chi connectivity index (χ0n) is 17.2. The van der Waals surface area contributed by atoms with Crippen molar-refractivity contribution in [3.8, 4) is 11.4 Å². The maximum absolute atomic E-state index is 13.6. The Morgan fingerprint density at radius 2 is 1.79 bits per heavy atom. The lowest BCUT2D eigenvalue weighted by molar-refractivity contribution is 0.0719. The van der Waals surface area contributed by atoms with Gasteiger partial charge in [0.15, 0.2) is 0 Å². The highest BCUT2D eigenvalue weighted by Crippen LogP contribution is 2.30. The molecule has 0 saturated heterocycles. The summed E-state index contributed by atoms with van der Waals surface area (Å²) in [7, 11) is 1.50. The normalized spacial score (nSPS) is 12.6. The van der Waals surface area contributed by atoms with Gasteiger partial charge in [-0.15, -0.1) is 0 Å². The Morgan fingerprint density at radius 1 is 1.14 bits per heavy atom. The molecule has 0 aliphatic rings. The molecular weight excluding hydrogens is 370 g/mol. The number of hydrogen-bond donors (Lipinski definition) is 1. The largest absolute Gasteiger partial charge is 0.496 e. The standard InChI is InChI=1S/C22H25N3O4/c1-14(25(21(27)28)22(2,3)4)19-23-16-12-9-13-17(29-5)18(16)20(26)24(19)15-10-7-6-8-11-15/h6-14H,1-5H3,(H,27,28)/t14-/m0/s1. The molecule has 1 N–H and O–H groups in total. The van der Waals surface area contributed by atoms with Crippen LogP contribution < -0.4 is 10.3 Å². The van der Waals surface area contributed by atoms with Gasteiger partial charge in [0.05, 0.1) is 24.4 Å². The van der Waals surface area contributed by atoms with Crippen LogP contribution in [0.5, 0.6) is 5.75 Å². The monoisotopic (exact) mass is 395 g/mol. The second-order valence-electron chi connectivity index (χ2n) is 7.80. The fraction of sp³-hybridized carbons (Fsp3) is 0.318. The van der Waals surface area contributed by atoms with E-state index in [1.807, 2.05) is 39.0 Å². The second kappa shape index (κ2) is 7.58. The molecule has 1 amide bonds. The summed E-state index contributed by atoms with van der Waals surface area (Å²) >= 11 is 0. The van der Waals surface area contributed by atoms with Crippen molar-refractivity contribution in [1.82, 2.24) is 14.5 Å². The number of rotatable bonds is 4. The Labute approximate surface area is 169 Å². The molecule has 2 aromatic carbocycles. The number of carbonyl (C=O) groups is 1. The van der Waals surface area contributed by atoms with Crippen molar-refractivity contribution in [3.05, 3.63) is 64.7 Å². The number of fused-ring (bicyclic) bond motifs is 1. The van der Waals surface area contributed by atoms with E-state index in [0.717, 1.165) is 0 Å². The molecular formula is C22H25N3O4. The number of ether oxygens (including phenoxy) is 1. The van der Waals surface area contributed by atoms with Gasteiger partial charge < -0.3 is 9.84 Å². The molecule has 1 aromatic heterocycles. The van der Waals surface area contributed by atoms with E-state index in [1.54, 1.807) is 37.3 Å². The van der Waals surface area contributed by atoms with Crippen molar-refractivity contribution < 1.29 is 14.6 Å². The van der Waals surface area contributed by atoms with Crippen molar-refractivity contribution >= 4 is 17.0 Å². The third-order valence-electron chi connectivity index (χ3n) is 4.81. The molecule has 7 heteroatoms. The Kier molecular flexibility index (Phi) is 5.33. The Balaban J connectivity index is 2.40. The summed E-state index contributed by atoms with van der Waals surface area (Å²) in [5.41, 5.74) is 0.0784. The lowest BCUT2D eigenvalue weighted by Crippen LogP contribution is -2.47. The first-order valence-electron chi connectivity index (χ1n) is 9.34. The first kappa shape index (κ1) is 20.4. The predicted octanol–water partition coefficient (Wildman–Crippen LogP) is 4.23. The smallest absolute Gasteiger partial charge is 0.408 e. The highest BCUT2D eigenvalue weighted by atomic mass is 16.5. The maximum Gasteiger partial charge on any atom is 0.408 e. The first-order valence-corrected chi connectivity index (χ1v) is 9.34. The summed E-state index contributed by atoms with van der Waals surface area (Å²) in [6.45, 7) is 7.18. The number of amides is 1. The average molecular weight is 395 g/mol. The van der Waals surface area contributed by atoms with Crippen LogP contribution in [0.4, 0.5) is 4.79 Å². The molecule has 0 fully saturated rings. The van der Waals surface area contributed by atoms with E-state index in [2.05, 4.69) is 0 Å². The molecule has 3 rings (SSSR count). The Bertz CT molecular complexity index is 1100. The highest BCUT2D eigenvalue weighted by Gasteiger charge is 2.34. The average Bonchev–Trinajstić information content (AvgIpc) is 2.66. The molecule has 0 aliphatic heterocycles. The molecule has 1 atom stereocenters. The van der Waals surface area contributed by atoms with Gasteiger partial charge in [0, 0.05) is 5.54 Å². The first-order chi connectivity index (χ1) is 13.7. The van der Waals surface area contributed by atoms with Crippen LogP contribution in [0.3, 0.4) is 0 Å². The quantitative estimate of drug-likeness (QED) is 0.714. The third-order valence-corrected chi connectivity index (χ3v) is 4.81. The number of methoxy groups -OCH3 is 1. The van der Waals surface area contributed by atoms with Gasteiger partial charge in [-0.05, 0) is 52.0 Å². The maximum atomic E-state index is 13.6. The minimum atomic E-state index is -1.08. The Hall–Kier alpha value is -3.35. The molecule has 7 nitrogen and oxygen atoms in total. The summed E-state index contributed by atoms with van der Waals surface area (Å²) in [6.07, 6.45) is -1.08. The van der Waals surface area contributed by atoms with Crippen LogP contribution >= 0.6 is 0 Å². The molecule has 0 saturated carbocycles. The van der Waals surface area contributed by atoms with Crippen molar-refractivity contribution in [1.29, 1.82) is 0 Å². The SMILES string of the molecule is COc1cccc2nc([C@H](C)N(C(=O)O)C(C)(C)C)n(-c3ccccc3)c(=O)c12. The summed E-state index contributed by atoms with van der Waals surface area (Å²) in [5.74, 6) is 0.772. The van der Waals surface area contributed by atoms with Crippen LogP contribution in [0.25, 0.3) is 16.6 Å². The van der Waals surface area contributed by atoms with Crippen LogP contribution in [0.1, 0.15) is 39.6 Å². The highest BCUT2D eigenvalue weighted by molar-refractivity contribution is 5.84. The van der Waals surface area contributed by atoms with Crippen molar-refractivity contribution in [2.75, 3.05) is 7.11 Å².